The van der Waals surface area contributed by atoms with E-state index in [0.29, 0.717) is 18.8 Å². The Balaban J connectivity index is 2.47. The zero-order valence-electron chi connectivity index (χ0n) is 9.26. The van der Waals surface area contributed by atoms with Gasteiger partial charge in [-0.1, -0.05) is 0 Å². The first-order valence-corrected chi connectivity index (χ1v) is 6.33. The highest BCUT2D eigenvalue weighted by Gasteiger charge is 2.12. The largest absolute Gasteiger partial charge is 0.447 e. The number of nitrogens with two attached hydrogens (primary N) is 1. The van der Waals surface area contributed by atoms with E-state index in [4.69, 9.17) is 14.3 Å². The van der Waals surface area contributed by atoms with Gasteiger partial charge in [0.05, 0.1) is 12.6 Å². The summed E-state index contributed by atoms with van der Waals surface area (Å²) in [5, 5.41) is 7.75. The summed E-state index contributed by atoms with van der Waals surface area (Å²) in [5.41, 5.74) is 0. The molecule has 0 radical (unpaired) electrons. The fraction of sp³-hybridized carbons (Fsp3) is 0.556. The van der Waals surface area contributed by atoms with Gasteiger partial charge in [0.2, 0.25) is 5.09 Å². The van der Waals surface area contributed by atoms with Crippen LogP contribution in [0.25, 0.3) is 0 Å². The topological polar surface area (TPSA) is 94.6 Å². The van der Waals surface area contributed by atoms with Gasteiger partial charge < -0.3 is 14.5 Å². The van der Waals surface area contributed by atoms with Crippen LogP contribution in [0.15, 0.2) is 21.6 Å². The van der Waals surface area contributed by atoms with Gasteiger partial charge in [0.1, 0.15) is 5.76 Å². The molecule has 0 amide bonds. The molecule has 1 heterocycles. The third-order valence-electron chi connectivity index (χ3n) is 2.05. The number of hydrogen-bond acceptors (Lipinski definition) is 5. The van der Waals surface area contributed by atoms with E-state index in [9.17, 15) is 8.42 Å². The molecule has 0 saturated heterocycles. The lowest BCUT2D eigenvalue weighted by Crippen LogP contribution is -2.25. The minimum atomic E-state index is -3.75. The Morgan fingerprint density at radius 2 is 2.25 bits per heavy atom. The fourth-order valence-electron chi connectivity index (χ4n) is 1.09. The van der Waals surface area contributed by atoms with E-state index < -0.39 is 10.0 Å². The van der Waals surface area contributed by atoms with E-state index in [0.717, 1.165) is 0 Å². The van der Waals surface area contributed by atoms with Crippen LogP contribution in [0.2, 0.25) is 0 Å². The second kappa shape index (κ2) is 5.44. The summed E-state index contributed by atoms with van der Waals surface area (Å²) < 4.78 is 31.9. The molecule has 1 aromatic rings. The molecule has 1 rings (SSSR count). The average Bonchev–Trinajstić information content (AvgIpc) is 2.65. The van der Waals surface area contributed by atoms with Crippen molar-refractivity contribution in [3.8, 4) is 0 Å². The first kappa shape index (κ1) is 13.2. The van der Waals surface area contributed by atoms with E-state index in [1.807, 2.05) is 6.92 Å². The summed E-state index contributed by atoms with van der Waals surface area (Å²) in [6, 6.07) is 2.91. The lowest BCUT2D eigenvalue weighted by atomic mass is 10.4. The molecule has 0 aliphatic rings. The molecule has 6 nitrogen and oxygen atoms in total. The zero-order chi connectivity index (χ0) is 12.2. The standard InChI is InChI=1S/C9H16N2O4S/c1-7(14-2)5-11-6-8-3-4-9(15-8)16(10,12)13/h3-4,7,11H,5-6H2,1-2H3,(H2,10,12,13). The molecular weight excluding hydrogens is 232 g/mol. The second-order valence-corrected chi connectivity index (χ2v) is 4.94. The fourth-order valence-corrected chi connectivity index (χ4v) is 1.57. The Morgan fingerprint density at radius 3 is 2.75 bits per heavy atom. The van der Waals surface area contributed by atoms with E-state index in [2.05, 4.69) is 5.32 Å². The maximum Gasteiger partial charge on any atom is 0.271 e. The Hall–Kier alpha value is -0.890. The molecule has 0 bridgehead atoms. The van der Waals surface area contributed by atoms with Crippen LogP contribution < -0.4 is 10.5 Å². The van der Waals surface area contributed by atoms with Gasteiger partial charge in [0, 0.05) is 13.7 Å². The molecule has 0 fully saturated rings. The lowest BCUT2D eigenvalue weighted by molar-refractivity contribution is 0.116. The monoisotopic (exact) mass is 248 g/mol. The van der Waals surface area contributed by atoms with Crippen LogP contribution in [0, 0.1) is 0 Å². The van der Waals surface area contributed by atoms with Crippen molar-refractivity contribution in [2.24, 2.45) is 5.14 Å². The molecule has 1 atom stereocenters. The van der Waals surface area contributed by atoms with Gasteiger partial charge in [0.15, 0.2) is 0 Å². The van der Waals surface area contributed by atoms with Crippen molar-refractivity contribution in [2.75, 3.05) is 13.7 Å². The Morgan fingerprint density at radius 1 is 1.56 bits per heavy atom. The predicted octanol–water partition coefficient (Wildman–Crippen LogP) is 0.0515. The summed E-state index contributed by atoms with van der Waals surface area (Å²) in [4.78, 5) is 0. The molecule has 1 unspecified atom stereocenters. The van der Waals surface area contributed by atoms with E-state index in [-0.39, 0.29) is 11.2 Å². The van der Waals surface area contributed by atoms with Gasteiger partial charge in [-0.25, -0.2) is 13.6 Å². The minimum Gasteiger partial charge on any atom is -0.447 e. The number of rotatable bonds is 6. The van der Waals surface area contributed by atoms with E-state index in [1.165, 1.54) is 6.07 Å². The summed E-state index contributed by atoms with van der Waals surface area (Å²) in [7, 11) is -2.12. The van der Waals surface area contributed by atoms with Crippen LogP contribution in [0.5, 0.6) is 0 Å². The Bertz CT molecular complexity index is 426. The summed E-state index contributed by atoms with van der Waals surface area (Å²) in [5.74, 6) is 0.521. The van der Waals surface area contributed by atoms with Crippen LogP contribution in [0.4, 0.5) is 0 Å². The molecule has 0 aromatic carbocycles. The van der Waals surface area contributed by atoms with Crippen molar-refractivity contribution >= 4 is 10.0 Å². The normalized spacial score (nSPS) is 13.9. The molecule has 3 N–H and O–H groups in total. The number of methoxy groups -OCH3 is 1. The van der Waals surface area contributed by atoms with Crippen molar-refractivity contribution in [3.05, 3.63) is 17.9 Å². The lowest BCUT2D eigenvalue weighted by Gasteiger charge is -2.09. The van der Waals surface area contributed by atoms with Crippen LogP contribution in [-0.4, -0.2) is 28.2 Å². The molecule has 0 saturated carbocycles. The number of furan rings is 1. The maximum atomic E-state index is 10.9. The maximum absolute atomic E-state index is 10.9. The van der Waals surface area contributed by atoms with Gasteiger partial charge in [-0.05, 0) is 19.1 Å². The molecule has 0 spiro atoms. The van der Waals surface area contributed by atoms with Crippen LogP contribution in [0.1, 0.15) is 12.7 Å². The van der Waals surface area contributed by atoms with Gasteiger partial charge >= 0.3 is 0 Å². The molecule has 1 aromatic heterocycles. The van der Waals surface area contributed by atoms with Gasteiger partial charge in [0.25, 0.3) is 10.0 Å². The highest BCUT2D eigenvalue weighted by Crippen LogP contribution is 2.11. The summed E-state index contributed by atoms with van der Waals surface area (Å²) >= 11 is 0. The number of ether oxygens (including phenoxy) is 1. The van der Waals surface area contributed by atoms with Crippen molar-refractivity contribution < 1.29 is 17.6 Å². The quantitative estimate of drug-likeness (QED) is 0.742. The van der Waals surface area contributed by atoms with Crippen LogP contribution in [0.3, 0.4) is 0 Å². The second-order valence-electron chi connectivity index (χ2n) is 3.44. The molecular formula is C9H16N2O4S. The third-order valence-corrected chi connectivity index (χ3v) is 2.83. The molecule has 16 heavy (non-hydrogen) atoms. The zero-order valence-corrected chi connectivity index (χ0v) is 10.1. The SMILES string of the molecule is COC(C)CNCc1ccc(S(N)(=O)=O)o1. The summed E-state index contributed by atoms with van der Waals surface area (Å²) in [6.07, 6.45) is 0.0904. The van der Waals surface area contributed by atoms with Crippen LogP contribution in [-0.2, 0) is 21.3 Å². The van der Waals surface area contributed by atoms with Gasteiger partial charge in [-0.3, -0.25) is 0 Å². The molecule has 0 aliphatic heterocycles. The van der Waals surface area contributed by atoms with Crippen LogP contribution >= 0.6 is 0 Å². The Labute approximate surface area is 94.8 Å². The number of nitrogens with one attached hydrogen (secondary N) is 1. The smallest absolute Gasteiger partial charge is 0.271 e. The summed E-state index contributed by atoms with van der Waals surface area (Å²) in [6.45, 7) is 3.01. The van der Waals surface area contributed by atoms with Crippen molar-refractivity contribution in [3.63, 3.8) is 0 Å². The van der Waals surface area contributed by atoms with E-state index in [1.54, 1.807) is 13.2 Å². The predicted molar refractivity (Wildman–Crippen MR) is 58.3 cm³/mol. The number of primary sulfonamides is 1. The first-order chi connectivity index (χ1) is 7.43. The van der Waals surface area contributed by atoms with Crippen molar-refractivity contribution in [2.45, 2.75) is 24.7 Å². The van der Waals surface area contributed by atoms with Gasteiger partial charge in [-0.2, -0.15) is 0 Å². The minimum absolute atomic E-state index is 0.0904. The Kier molecular flexibility index (Phi) is 4.48. The molecule has 92 valence electrons. The average molecular weight is 248 g/mol. The highest BCUT2D eigenvalue weighted by molar-refractivity contribution is 7.89. The van der Waals surface area contributed by atoms with Crippen molar-refractivity contribution in [1.82, 2.24) is 5.32 Å². The number of hydrogen-bond donors (Lipinski definition) is 2. The van der Waals surface area contributed by atoms with E-state index >= 15 is 0 Å². The third kappa shape index (κ3) is 3.93. The first-order valence-electron chi connectivity index (χ1n) is 4.78. The van der Waals surface area contributed by atoms with Gasteiger partial charge in [-0.15, -0.1) is 0 Å². The molecule has 0 aliphatic carbocycles. The number of sulfonamides is 1. The van der Waals surface area contributed by atoms with Crippen molar-refractivity contribution in [1.29, 1.82) is 0 Å². The highest BCUT2D eigenvalue weighted by atomic mass is 32.2. The molecule has 7 heteroatoms.